The molecule has 0 saturated heterocycles. The van der Waals surface area contributed by atoms with Gasteiger partial charge in [0.1, 0.15) is 0 Å². The van der Waals surface area contributed by atoms with Crippen molar-refractivity contribution in [2.75, 3.05) is 11.1 Å². The monoisotopic (exact) mass is 468 g/mol. The van der Waals surface area contributed by atoms with Crippen molar-refractivity contribution in [1.29, 1.82) is 0 Å². The Labute approximate surface area is 183 Å². The summed E-state index contributed by atoms with van der Waals surface area (Å²) in [7, 11) is 0. The van der Waals surface area contributed by atoms with Crippen LogP contribution in [0.2, 0.25) is 0 Å². The van der Waals surface area contributed by atoms with E-state index in [4.69, 9.17) is 0 Å². The van der Waals surface area contributed by atoms with E-state index in [1.807, 2.05) is 54.6 Å². The van der Waals surface area contributed by atoms with Crippen LogP contribution in [0.1, 0.15) is 21.5 Å². The van der Waals surface area contributed by atoms with Gasteiger partial charge in [-0.25, -0.2) is 0 Å². The minimum absolute atomic E-state index is 0.131. The predicted octanol–water partition coefficient (Wildman–Crippen LogP) is 5.25. The minimum Gasteiger partial charge on any atom is -0.348 e. The molecule has 0 atom stereocenters. The third kappa shape index (κ3) is 6.76. The van der Waals surface area contributed by atoms with Crippen LogP contribution in [0, 0.1) is 0 Å². The first-order chi connectivity index (χ1) is 14.1. The van der Waals surface area contributed by atoms with Crippen LogP contribution in [0.4, 0.5) is 5.69 Å². The fraction of sp³-hybridized carbons (Fsp3) is 0.130. The Morgan fingerprint density at radius 2 is 1.59 bits per heavy atom. The molecule has 0 heterocycles. The van der Waals surface area contributed by atoms with Gasteiger partial charge in [-0.1, -0.05) is 70.5 Å². The highest BCUT2D eigenvalue weighted by molar-refractivity contribution is 9.10. The number of benzene rings is 3. The zero-order valence-electron chi connectivity index (χ0n) is 15.7. The minimum atomic E-state index is -0.216. The number of para-hydroxylation sites is 1. The maximum Gasteiger partial charge on any atom is 0.253 e. The van der Waals surface area contributed by atoms with E-state index >= 15 is 0 Å². The summed E-state index contributed by atoms with van der Waals surface area (Å²) < 4.78 is 1.02. The van der Waals surface area contributed by atoms with E-state index in [2.05, 4.69) is 26.6 Å². The molecule has 2 N–H and O–H groups in total. The lowest BCUT2D eigenvalue weighted by molar-refractivity contribution is -0.113. The van der Waals surface area contributed by atoms with Gasteiger partial charge in [0.25, 0.3) is 5.91 Å². The SMILES string of the molecule is O=C(CSCc1cccc(Br)c1)Nc1ccccc1C(=O)NCc1ccccc1. The van der Waals surface area contributed by atoms with Gasteiger partial charge >= 0.3 is 0 Å². The van der Waals surface area contributed by atoms with Crippen LogP contribution in [0.25, 0.3) is 0 Å². The molecule has 3 aromatic rings. The molecule has 0 aliphatic heterocycles. The third-order valence-corrected chi connectivity index (χ3v) is 5.63. The van der Waals surface area contributed by atoms with Crippen LogP contribution in [0.15, 0.2) is 83.3 Å². The van der Waals surface area contributed by atoms with E-state index in [-0.39, 0.29) is 11.8 Å². The molecule has 3 rings (SSSR count). The van der Waals surface area contributed by atoms with Crippen molar-refractivity contribution < 1.29 is 9.59 Å². The number of carbonyl (C=O) groups excluding carboxylic acids is 2. The molecule has 0 unspecified atom stereocenters. The molecule has 0 aromatic heterocycles. The van der Waals surface area contributed by atoms with E-state index in [1.54, 1.807) is 24.3 Å². The molecule has 0 fully saturated rings. The molecule has 0 saturated carbocycles. The van der Waals surface area contributed by atoms with Crippen molar-refractivity contribution in [3.05, 3.63) is 100 Å². The summed E-state index contributed by atoms with van der Waals surface area (Å²) >= 11 is 4.98. The van der Waals surface area contributed by atoms with Crippen LogP contribution in [-0.2, 0) is 17.1 Å². The van der Waals surface area contributed by atoms with Crippen molar-refractivity contribution in [3.63, 3.8) is 0 Å². The quantitative estimate of drug-likeness (QED) is 0.474. The largest absolute Gasteiger partial charge is 0.348 e. The second-order valence-electron chi connectivity index (χ2n) is 6.38. The number of hydrogen-bond donors (Lipinski definition) is 2. The first-order valence-electron chi connectivity index (χ1n) is 9.15. The smallest absolute Gasteiger partial charge is 0.253 e. The molecule has 2 amide bonds. The van der Waals surface area contributed by atoms with Crippen LogP contribution >= 0.6 is 27.7 Å². The lowest BCUT2D eigenvalue weighted by atomic mass is 10.1. The second kappa shape index (κ2) is 10.8. The van der Waals surface area contributed by atoms with E-state index in [9.17, 15) is 9.59 Å². The Morgan fingerprint density at radius 1 is 0.862 bits per heavy atom. The number of amides is 2. The molecule has 148 valence electrons. The summed E-state index contributed by atoms with van der Waals surface area (Å²) in [6.07, 6.45) is 0. The van der Waals surface area contributed by atoms with Crippen LogP contribution in [-0.4, -0.2) is 17.6 Å². The summed E-state index contributed by atoms with van der Waals surface area (Å²) in [6, 6.07) is 24.8. The van der Waals surface area contributed by atoms with E-state index < -0.39 is 0 Å². The summed E-state index contributed by atoms with van der Waals surface area (Å²) in [5, 5.41) is 5.76. The van der Waals surface area contributed by atoms with Crippen molar-refractivity contribution in [3.8, 4) is 0 Å². The Kier molecular flexibility index (Phi) is 7.90. The number of thioether (sulfide) groups is 1. The normalized spacial score (nSPS) is 10.4. The van der Waals surface area contributed by atoms with Crippen LogP contribution in [0.3, 0.4) is 0 Å². The molecule has 0 aliphatic carbocycles. The van der Waals surface area contributed by atoms with Gasteiger partial charge in [-0.2, -0.15) is 0 Å². The molecule has 6 heteroatoms. The van der Waals surface area contributed by atoms with Gasteiger partial charge in [0.15, 0.2) is 0 Å². The van der Waals surface area contributed by atoms with Gasteiger partial charge in [0.05, 0.1) is 17.0 Å². The summed E-state index contributed by atoms with van der Waals surface area (Å²) in [5.41, 5.74) is 3.14. The molecular weight excluding hydrogens is 448 g/mol. The Bertz CT molecular complexity index is 979. The van der Waals surface area contributed by atoms with Gasteiger partial charge < -0.3 is 10.6 Å². The maximum absolute atomic E-state index is 12.6. The fourth-order valence-electron chi connectivity index (χ4n) is 2.74. The number of hydrogen-bond acceptors (Lipinski definition) is 3. The highest BCUT2D eigenvalue weighted by Gasteiger charge is 2.13. The van der Waals surface area contributed by atoms with Crippen molar-refractivity contribution in [1.82, 2.24) is 5.32 Å². The first-order valence-corrected chi connectivity index (χ1v) is 11.1. The predicted molar refractivity (Wildman–Crippen MR) is 123 cm³/mol. The van der Waals surface area contributed by atoms with Gasteiger partial charge in [-0.15, -0.1) is 11.8 Å². The Hall–Kier alpha value is -2.57. The average Bonchev–Trinajstić information content (AvgIpc) is 2.73. The number of anilines is 1. The van der Waals surface area contributed by atoms with Gasteiger partial charge in [-0.3, -0.25) is 9.59 Å². The van der Waals surface area contributed by atoms with Crippen molar-refractivity contribution in [2.24, 2.45) is 0 Å². The zero-order chi connectivity index (χ0) is 20.5. The standard InChI is InChI=1S/C23H21BrN2O2S/c24-19-10-6-9-18(13-19)15-29-16-22(27)26-21-12-5-4-11-20(21)23(28)25-14-17-7-2-1-3-8-17/h1-13H,14-16H2,(H,25,28)(H,26,27). The molecular formula is C23H21BrN2O2S. The first kappa shape index (κ1) is 21.1. The van der Waals surface area contributed by atoms with Crippen molar-refractivity contribution >= 4 is 45.2 Å². The Balaban J connectivity index is 1.53. The highest BCUT2D eigenvalue weighted by Crippen LogP contribution is 2.19. The fourth-order valence-corrected chi connectivity index (χ4v) is 3.96. The summed E-state index contributed by atoms with van der Waals surface area (Å²) in [4.78, 5) is 24.9. The molecule has 3 aromatic carbocycles. The zero-order valence-corrected chi connectivity index (χ0v) is 18.1. The van der Waals surface area contributed by atoms with Crippen LogP contribution in [0.5, 0.6) is 0 Å². The molecule has 0 radical (unpaired) electrons. The lowest BCUT2D eigenvalue weighted by Gasteiger charge is -2.11. The number of nitrogens with one attached hydrogen (secondary N) is 2. The molecule has 0 bridgehead atoms. The van der Waals surface area contributed by atoms with Crippen molar-refractivity contribution in [2.45, 2.75) is 12.3 Å². The topological polar surface area (TPSA) is 58.2 Å². The molecule has 29 heavy (non-hydrogen) atoms. The molecule has 4 nitrogen and oxygen atoms in total. The van der Waals surface area contributed by atoms with Crippen LogP contribution < -0.4 is 10.6 Å². The lowest BCUT2D eigenvalue weighted by Crippen LogP contribution is -2.25. The van der Waals surface area contributed by atoms with E-state index in [1.165, 1.54) is 11.8 Å². The summed E-state index contributed by atoms with van der Waals surface area (Å²) in [6.45, 7) is 0.435. The Morgan fingerprint density at radius 3 is 2.38 bits per heavy atom. The highest BCUT2D eigenvalue weighted by atomic mass is 79.9. The second-order valence-corrected chi connectivity index (χ2v) is 8.29. The maximum atomic E-state index is 12.6. The molecule has 0 spiro atoms. The van der Waals surface area contributed by atoms with Gasteiger partial charge in [0.2, 0.25) is 5.91 Å². The van der Waals surface area contributed by atoms with Gasteiger partial charge in [-0.05, 0) is 35.4 Å². The van der Waals surface area contributed by atoms with Gasteiger partial charge in [0, 0.05) is 16.8 Å². The number of halogens is 1. The molecule has 0 aliphatic rings. The number of rotatable bonds is 8. The third-order valence-electron chi connectivity index (χ3n) is 4.13. The van der Waals surface area contributed by atoms with E-state index in [0.29, 0.717) is 23.5 Å². The number of carbonyl (C=O) groups is 2. The van der Waals surface area contributed by atoms with E-state index in [0.717, 1.165) is 21.4 Å². The summed E-state index contributed by atoms with van der Waals surface area (Å²) in [5.74, 6) is 0.707. The average molecular weight is 469 g/mol.